The molecule has 7 heteroatoms. The molecular formula is C13H10BrNO4S. The molecule has 0 bridgehead atoms. The van der Waals surface area contributed by atoms with E-state index in [0.717, 1.165) is 0 Å². The zero-order valence-electron chi connectivity index (χ0n) is 10.2. The van der Waals surface area contributed by atoms with Crippen molar-refractivity contribution < 1.29 is 18.3 Å². The maximum Gasteiger partial charge on any atom is 0.337 e. The molecule has 0 saturated heterocycles. The summed E-state index contributed by atoms with van der Waals surface area (Å²) in [4.78, 5) is 14.9. The smallest absolute Gasteiger partial charge is 0.337 e. The lowest BCUT2D eigenvalue weighted by atomic mass is 10.2. The molecule has 0 unspecified atom stereocenters. The van der Waals surface area contributed by atoms with Crippen LogP contribution in [0.25, 0.3) is 0 Å². The number of hydrogen-bond acceptors (Lipinski definition) is 4. The van der Waals surface area contributed by atoms with Gasteiger partial charge in [0.05, 0.1) is 21.9 Å². The van der Waals surface area contributed by atoms with Crippen LogP contribution in [0.1, 0.15) is 16.1 Å². The van der Waals surface area contributed by atoms with Crippen molar-refractivity contribution in [2.24, 2.45) is 0 Å². The first-order valence-corrected chi connectivity index (χ1v) is 8.00. The SMILES string of the molecule is O=C(O)c1ccc(Br)cc1S(=O)(=O)Cc1ccccn1. The Kier molecular flexibility index (Phi) is 4.20. The lowest BCUT2D eigenvalue weighted by Crippen LogP contribution is -2.12. The number of nitrogens with zero attached hydrogens (tertiary/aromatic N) is 1. The molecule has 0 aliphatic heterocycles. The number of rotatable bonds is 4. The Balaban J connectivity index is 2.49. The summed E-state index contributed by atoms with van der Waals surface area (Å²) < 4.78 is 25.2. The van der Waals surface area contributed by atoms with Gasteiger partial charge < -0.3 is 5.11 Å². The second-order valence-electron chi connectivity index (χ2n) is 4.03. The van der Waals surface area contributed by atoms with Gasteiger partial charge in [0, 0.05) is 10.7 Å². The fraction of sp³-hybridized carbons (Fsp3) is 0.0769. The van der Waals surface area contributed by atoms with Gasteiger partial charge >= 0.3 is 5.97 Å². The van der Waals surface area contributed by atoms with E-state index in [1.54, 1.807) is 18.2 Å². The fourth-order valence-electron chi connectivity index (χ4n) is 1.69. The molecule has 20 heavy (non-hydrogen) atoms. The second-order valence-corrected chi connectivity index (χ2v) is 6.90. The van der Waals surface area contributed by atoms with Gasteiger partial charge in [-0.3, -0.25) is 4.98 Å². The number of aromatic nitrogens is 1. The number of carboxylic acids is 1. The topological polar surface area (TPSA) is 84.3 Å². The molecule has 1 heterocycles. The Bertz CT molecular complexity index is 744. The molecule has 0 aliphatic rings. The van der Waals surface area contributed by atoms with Crippen LogP contribution in [-0.2, 0) is 15.6 Å². The summed E-state index contributed by atoms with van der Waals surface area (Å²) in [5.41, 5.74) is 0.118. The molecule has 0 amide bonds. The number of carbonyl (C=O) groups is 1. The van der Waals surface area contributed by atoms with Crippen molar-refractivity contribution in [3.05, 3.63) is 58.3 Å². The highest BCUT2D eigenvalue weighted by molar-refractivity contribution is 9.10. The van der Waals surface area contributed by atoms with Crippen LogP contribution in [0, 0.1) is 0 Å². The summed E-state index contributed by atoms with van der Waals surface area (Å²) in [5.74, 6) is -1.62. The molecule has 2 aromatic rings. The van der Waals surface area contributed by atoms with Gasteiger partial charge in [0.25, 0.3) is 0 Å². The van der Waals surface area contributed by atoms with Crippen molar-refractivity contribution in [3.8, 4) is 0 Å². The lowest BCUT2D eigenvalue weighted by molar-refractivity contribution is 0.0692. The van der Waals surface area contributed by atoms with Crippen LogP contribution in [0.5, 0.6) is 0 Å². The molecule has 1 aromatic carbocycles. The van der Waals surface area contributed by atoms with E-state index >= 15 is 0 Å². The maximum absolute atomic E-state index is 12.4. The van der Waals surface area contributed by atoms with Gasteiger partial charge in [-0.2, -0.15) is 0 Å². The van der Waals surface area contributed by atoms with E-state index in [2.05, 4.69) is 20.9 Å². The normalized spacial score (nSPS) is 11.2. The van der Waals surface area contributed by atoms with Crippen molar-refractivity contribution in [2.45, 2.75) is 10.6 Å². The van der Waals surface area contributed by atoms with Gasteiger partial charge in [0.15, 0.2) is 9.84 Å². The largest absolute Gasteiger partial charge is 0.478 e. The standard InChI is InChI=1S/C13H10BrNO4S/c14-9-4-5-11(13(16)17)12(7-9)20(18,19)8-10-3-1-2-6-15-10/h1-7H,8H2,(H,16,17). The second kappa shape index (κ2) is 5.72. The van der Waals surface area contributed by atoms with Crippen LogP contribution in [0.3, 0.4) is 0 Å². The van der Waals surface area contributed by atoms with Crippen LogP contribution >= 0.6 is 15.9 Å². The third-order valence-corrected chi connectivity index (χ3v) is 4.75. The Morgan fingerprint density at radius 2 is 2.00 bits per heavy atom. The Morgan fingerprint density at radius 3 is 2.60 bits per heavy atom. The summed E-state index contributed by atoms with van der Waals surface area (Å²) in [6.45, 7) is 0. The Labute approximate surface area is 124 Å². The zero-order valence-corrected chi connectivity index (χ0v) is 12.6. The number of benzene rings is 1. The number of aromatic carboxylic acids is 1. The monoisotopic (exact) mass is 355 g/mol. The van der Waals surface area contributed by atoms with Gasteiger partial charge in [-0.25, -0.2) is 13.2 Å². The molecule has 1 N–H and O–H groups in total. The van der Waals surface area contributed by atoms with Crippen LogP contribution in [0.2, 0.25) is 0 Å². The first kappa shape index (κ1) is 14.7. The number of pyridine rings is 1. The highest BCUT2D eigenvalue weighted by Gasteiger charge is 2.23. The van der Waals surface area contributed by atoms with Crippen LogP contribution in [0.15, 0.2) is 52.0 Å². The van der Waals surface area contributed by atoms with Crippen molar-refractivity contribution >= 4 is 31.7 Å². The first-order valence-electron chi connectivity index (χ1n) is 5.55. The van der Waals surface area contributed by atoms with Gasteiger partial charge in [-0.05, 0) is 30.3 Å². The van der Waals surface area contributed by atoms with E-state index in [4.69, 9.17) is 5.11 Å². The maximum atomic E-state index is 12.4. The number of sulfone groups is 1. The predicted octanol–water partition coefficient (Wildman–Crippen LogP) is 2.52. The molecule has 0 fully saturated rings. The zero-order chi connectivity index (χ0) is 14.8. The molecule has 2 rings (SSSR count). The van der Waals surface area contributed by atoms with E-state index in [1.807, 2.05) is 0 Å². The molecule has 1 aromatic heterocycles. The minimum atomic E-state index is -3.78. The summed E-state index contributed by atoms with van der Waals surface area (Å²) in [6.07, 6.45) is 1.49. The molecule has 5 nitrogen and oxygen atoms in total. The Hall–Kier alpha value is -1.73. The predicted molar refractivity (Wildman–Crippen MR) is 76.2 cm³/mol. The molecule has 0 aliphatic carbocycles. The third kappa shape index (κ3) is 3.23. The minimum absolute atomic E-state index is 0.218. The average Bonchev–Trinajstić information content (AvgIpc) is 2.39. The van der Waals surface area contributed by atoms with Gasteiger partial charge in [0.1, 0.15) is 0 Å². The summed E-state index contributed by atoms with van der Waals surface area (Å²) in [7, 11) is -3.78. The molecule has 0 saturated carbocycles. The Morgan fingerprint density at radius 1 is 1.25 bits per heavy atom. The number of halogens is 1. The van der Waals surface area contributed by atoms with Crippen molar-refractivity contribution in [1.82, 2.24) is 4.98 Å². The molecule has 0 atom stereocenters. The quantitative estimate of drug-likeness (QED) is 0.910. The molecule has 0 spiro atoms. The molecular weight excluding hydrogens is 346 g/mol. The molecule has 0 radical (unpaired) electrons. The van der Waals surface area contributed by atoms with Crippen LogP contribution in [0.4, 0.5) is 0 Å². The summed E-state index contributed by atoms with van der Waals surface area (Å²) >= 11 is 3.15. The minimum Gasteiger partial charge on any atom is -0.478 e. The highest BCUT2D eigenvalue weighted by atomic mass is 79.9. The third-order valence-electron chi connectivity index (χ3n) is 2.57. The van der Waals surface area contributed by atoms with Crippen molar-refractivity contribution in [3.63, 3.8) is 0 Å². The highest BCUT2D eigenvalue weighted by Crippen LogP contribution is 2.24. The van der Waals surface area contributed by atoms with Crippen LogP contribution in [-0.4, -0.2) is 24.5 Å². The van der Waals surface area contributed by atoms with Gasteiger partial charge in [-0.15, -0.1) is 0 Å². The summed E-state index contributed by atoms with van der Waals surface area (Å²) in [5, 5.41) is 9.09. The fourth-order valence-corrected chi connectivity index (χ4v) is 3.71. The number of hydrogen-bond donors (Lipinski definition) is 1. The lowest BCUT2D eigenvalue weighted by Gasteiger charge is -2.08. The van der Waals surface area contributed by atoms with E-state index in [0.29, 0.717) is 10.2 Å². The van der Waals surface area contributed by atoms with Crippen molar-refractivity contribution in [1.29, 1.82) is 0 Å². The van der Waals surface area contributed by atoms with Crippen molar-refractivity contribution in [2.75, 3.05) is 0 Å². The van der Waals surface area contributed by atoms with E-state index in [9.17, 15) is 13.2 Å². The van der Waals surface area contributed by atoms with E-state index in [-0.39, 0.29) is 16.2 Å². The van der Waals surface area contributed by atoms with Gasteiger partial charge in [0.2, 0.25) is 0 Å². The van der Waals surface area contributed by atoms with E-state index < -0.39 is 15.8 Å². The van der Waals surface area contributed by atoms with E-state index in [1.165, 1.54) is 24.4 Å². The first-order chi connectivity index (χ1) is 9.40. The summed E-state index contributed by atoms with van der Waals surface area (Å²) in [6, 6.07) is 8.98. The van der Waals surface area contributed by atoms with Crippen LogP contribution < -0.4 is 0 Å². The molecule has 104 valence electrons. The average molecular weight is 356 g/mol. The van der Waals surface area contributed by atoms with Gasteiger partial charge in [-0.1, -0.05) is 22.0 Å². The number of carboxylic acid groups (broad SMARTS) is 1.